The molecule has 1 aromatic rings. The fourth-order valence-electron chi connectivity index (χ4n) is 3.31. The van der Waals surface area contributed by atoms with Crippen LogP contribution in [0.2, 0.25) is 0 Å². The van der Waals surface area contributed by atoms with Crippen LogP contribution in [0.1, 0.15) is 36.2 Å². The summed E-state index contributed by atoms with van der Waals surface area (Å²) < 4.78 is 0.904. The van der Waals surface area contributed by atoms with Gasteiger partial charge >= 0.3 is 0 Å². The lowest BCUT2D eigenvalue weighted by Gasteiger charge is -2.44. The lowest BCUT2D eigenvalue weighted by molar-refractivity contribution is 0.0491. The van der Waals surface area contributed by atoms with Gasteiger partial charge in [-0.3, -0.25) is 4.79 Å². The Bertz CT molecular complexity index is 472. The van der Waals surface area contributed by atoms with E-state index in [4.69, 9.17) is 0 Å². The average molecular weight is 338 g/mol. The minimum atomic E-state index is 0.0706. The third-order valence-electron chi connectivity index (χ3n) is 4.72. The average Bonchev–Trinajstić information content (AvgIpc) is 2.49. The Hall–Kier alpha value is -0.940. The molecule has 0 unspecified atom stereocenters. The van der Waals surface area contributed by atoms with Gasteiger partial charge in [-0.2, -0.15) is 0 Å². The number of pyridine rings is 1. The van der Waals surface area contributed by atoms with E-state index in [0.717, 1.165) is 43.5 Å². The summed E-state index contributed by atoms with van der Waals surface area (Å²) in [5.74, 6) is 0.0706. The van der Waals surface area contributed by atoms with Crippen LogP contribution in [0.5, 0.6) is 0 Å². The second-order valence-corrected chi connectivity index (χ2v) is 6.82. The van der Waals surface area contributed by atoms with Crippen molar-refractivity contribution >= 4 is 21.8 Å². The van der Waals surface area contributed by atoms with Crippen molar-refractivity contribution in [3.63, 3.8) is 0 Å². The SMILES string of the molecule is O=C(c1ccc(Br)cn1)N1CCC2(CCNCC2)CC1. The van der Waals surface area contributed by atoms with Crippen molar-refractivity contribution in [1.29, 1.82) is 0 Å². The van der Waals surface area contributed by atoms with Crippen LogP contribution in [0.15, 0.2) is 22.8 Å². The van der Waals surface area contributed by atoms with Crippen LogP contribution in [0.25, 0.3) is 0 Å². The highest BCUT2D eigenvalue weighted by Crippen LogP contribution is 2.39. The zero-order valence-corrected chi connectivity index (χ0v) is 13.2. The molecule has 0 atom stereocenters. The molecule has 1 spiro atoms. The number of nitrogens with zero attached hydrogens (tertiary/aromatic N) is 2. The molecule has 0 aliphatic carbocycles. The molecule has 108 valence electrons. The lowest BCUT2D eigenvalue weighted by Crippen LogP contribution is -2.47. The van der Waals surface area contributed by atoms with E-state index in [1.807, 2.05) is 11.0 Å². The predicted octanol–water partition coefficient (Wildman–Crippen LogP) is 2.45. The fourth-order valence-corrected chi connectivity index (χ4v) is 3.54. The number of hydrogen-bond donors (Lipinski definition) is 1. The van der Waals surface area contributed by atoms with E-state index in [1.165, 1.54) is 12.8 Å². The summed E-state index contributed by atoms with van der Waals surface area (Å²) in [4.78, 5) is 18.6. The first kappa shape index (κ1) is 14.0. The predicted molar refractivity (Wildman–Crippen MR) is 81.6 cm³/mol. The summed E-state index contributed by atoms with van der Waals surface area (Å²) in [6.07, 6.45) is 6.47. The topological polar surface area (TPSA) is 45.2 Å². The van der Waals surface area contributed by atoms with Crippen molar-refractivity contribution in [3.8, 4) is 0 Å². The van der Waals surface area contributed by atoms with Gasteiger partial charge < -0.3 is 10.2 Å². The Morgan fingerprint density at radius 3 is 2.50 bits per heavy atom. The van der Waals surface area contributed by atoms with Crippen molar-refractivity contribution in [3.05, 3.63) is 28.5 Å². The second-order valence-electron chi connectivity index (χ2n) is 5.90. The standard InChI is InChI=1S/C15H20BrN3O/c16-12-1-2-13(18-11-12)14(20)19-9-5-15(6-10-19)3-7-17-8-4-15/h1-2,11,17H,3-10H2. The number of aromatic nitrogens is 1. The number of rotatable bonds is 1. The summed E-state index contributed by atoms with van der Waals surface area (Å²) in [6, 6.07) is 3.67. The summed E-state index contributed by atoms with van der Waals surface area (Å²) in [7, 11) is 0. The number of carbonyl (C=O) groups excluding carboxylic acids is 1. The molecule has 1 amide bonds. The van der Waals surface area contributed by atoms with Crippen molar-refractivity contribution in [2.45, 2.75) is 25.7 Å². The van der Waals surface area contributed by atoms with Gasteiger partial charge in [0.1, 0.15) is 5.69 Å². The summed E-state index contributed by atoms with van der Waals surface area (Å²) >= 11 is 3.35. The van der Waals surface area contributed by atoms with E-state index in [9.17, 15) is 4.79 Å². The molecule has 0 bridgehead atoms. The summed E-state index contributed by atoms with van der Waals surface area (Å²) in [5, 5.41) is 3.43. The Labute approximate surface area is 128 Å². The molecule has 3 heterocycles. The van der Waals surface area contributed by atoms with Crippen molar-refractivity contribution in [2.75, 3.05) is 26.2 Å². The third kappa shape index (κ3) is 2.88. The normalized spacial score (nSPS) is 21.9. The summed E-state index contributed by atoms with van der Waals surface area (Å²) in [5.41, 5.74) is 1.03. The van der Waals surface area contributed by atoms with Gasteiger partial charge in [-0.05, 0) is 72.3 Å². The number of nitrogens with one attached hydrogen (secondary N) is 1. The van der Waals surface area contributed by atoms with Crippen LogP contribution < -0.4 is 5.32 Å². The highest BCUT2D eigenvalue weighted by Gasteiger charge is 2.36. The van der Waals surface area contributed by atoms with Gasteiger partial charge in [0, 0.05) is 23.8 Å². The molecule has 4 nitrogen and oxygen atoms in total. The van der Waals surface area contributed by atoms with E-state index in [2.05, 4.69) is 26.2 Å². The van der Waals surface area contributed by atoms with Crippen LogP contribution in [-0.2, 0) is 0 Å². The Morgan fingerprint density at radius 2 is 1.90 bits per heavy atom. The molecular weight excluding hydrogens is 318 g/mol. The maximum atomic E-state index is 12.4. The van der Waals surface area contributed by atoms with Gasteiger partial charge in [0.05, 0.1) is 0 Å². The van der Waals surface area contributed by atoms with E-state index in [-0.39, 0.29) is 5.91 Å². The highest BCUT2D eigenvalue weighted by atomic mass is 79.9. The van der Waals surface area contributed by atoms with Gasteiger partial charge in [0.15, 0.2) is 0 Å². The molecule has 2 fully saturated rings. The molecule has 1 N–H and O–H groups in total. The van der Waals surface area contributed by atoms with Crippen LogP contribution in [0.4, 0.5) is 0 Å². The molecule has 2 aliphatic rings. The monoisotopic (exact) mass is 337 g/mol. The molecule has 0 aromatic carbocycles. The number of carbonyl (C=O) groups is 1. The Balaban J connectivity index is 1.62. The van der Waals surface area contributed by atoms with Crippen LogP contribution >= 0.6 is 15.9 Å². The van der Waals surface area contributed by atoms with Gasteiger partial charge in [-0.15, -0.1) is 0 Å². The minimum absolute atomic E-state index is 0.0706. The number of amides is 1. The first-order chi connectivity index (χ1) is 9.69. The van der Waals surface area contributed by atoms with Crippen LogP contribution in [0.3, 0.4) is 0 Å². The maximum absolute atomic E-state index is 12.4. The Kier molecular flexibility index (Phi) is 4.08. The van der Waals surface area contributed by atoms with E-state index < -0.39 is 0 Å². The molecule has 2 saturated heterocycles. The second kappa shape index (κ2) is 5.82. The number of halogens is 1. The first-order valence-electron chi connectivity index (χ1n) is 7.30. The van der Waals surface area contributed by atoms with Crippen molar-refractivity contribution < 1.29 is 4.79 Å². The number of likely N-dealkylation sites (tertiary alicyclic amines) is 1. The largest absolute Gasteiger partial charge is 0.337 e. The lowest BCUT2D eigenvalue weighted by atomic mass is 9.71. The molecule has 3 rings (SSSR count). The van der Waals surface area contributed by atoms with Crippen LogP contribution in [0, 0.1) is 5.41 Å². The maximum Gasteiger partial charge on any atom is 0.272 e. The molecule has 2 aliphatic heterocycles. The zero-order valence-electron chi connectivity index (χ0n) is 11.6. The number of hydrogen-bond acceptors (Lipinski definition) is 3. The fraction of sp³-hybridized carbons (Fsp3) is 0.600. The zero-order chi connectivity index (χ0) is 14.0. The third-order valence-corrected chi connectivity index (χ3v) is 5.19. The molecule has 20 heavy (non-hydrogen) atoms. The van der Waals surface area contributed by atoms with E-state index in [1.54, 1.807) is 12.3 Å². The first-order valence-corrected chi connectivity index (χ1v) is 8.09. The van der Waals surface area contributed by atoms with Crippen molar-refractivity contribution in [2.24, 2.45) is 5.41 Å². The van der Waals surface area contributed by atoms with Crippen molar-refractivity contribution in [1.82, 2.24) is 15.2 Å². The molecule has 5 heteroatoms. The van der Waals surface area contributed by atoms with Crippen LogP contribution in [-0.4, -0.2) is 42.0 Å². The molecular formula is C15H20BrN3O. The van der Waals surface area contributed by atoms with E-state index in [0.29, 0.717) is 11.1 Å². The quantitative estimate of drug-likeness (QED) is 0.856. The molecule has 1 aromatic heterocycles. The van der Waals surface area contributed by atoms with E-state index >= 15 is 0 Å². The highest BCUT2D eigenvalue weighted by molar-refractivity contribution is 9.10. The molecule has 0 saturated carbocycles. The minimum Gasteiger partial charge on any atom is -0.337 e. The Morgan fingerprint density at radius 1 is 1.20 bits per heavy atom. The van der Waals surface area contributed by atoms with Gasteiger partial charge in [0.2, 0.25) is 0 Å². The van der Waals surface area contributed by atoms with Gasteiger partial charge in [-0.25, -0.2) is 4.98 Å². The molecule has 0 radical (unpaired) electrons. The summed E-state index contributed by atoms with van der Waals surface area (Å²) in [6.45, 7) is 4.00. The number of piperidine rings is 2. The van der Waals surface area contributed by atoms with Gasteiger partial charge in [0.25, 0.3) is 5.91 Å². The van der Waals surface area contributed by atoms with Gasteiger partial charge in [-0.1, -0.05) is 0 Å². The smallest absolute Gasteiger partial charge is 0.272 e.